The molecule has 1 unspecified atom stereocenters. The van der Waals surface area contributed by atoms with E-state index in [1.165, 1.54) is 0 Å². The first-order valence-electron chi connectivity index (χ1n) is 8.86. The third-order valence-corrected chi connectivity index (χ3v) is 5.70. The lowest BCUT2D eigenvalue weighted by atomic mass is 10.2. The second-order valence-corrected chi connectivity index (χ2v) is 7.53. The summed E-state index contributed by atoms with van der Waals surface area (Å²) >= 11 is 7.80. The molecule has 8 heteroatoms. The highest BCUT2D eigenvalue weighted by molar-refractivity contribution is 7.16. The van der Waals surface area contributed by atoms with Gasteiger partial charge < -0.3 is 15.0 Å². The zero-order chi connectivity index (χ0) is 18.8. The summed E-state index contributed by atoms with van der Waals surface area (Å²) in [7, 11) is 0. The summed E-state index contributed by atoms with van der Waals surface area (Å²) in [6.07, 6.45) is 3.26. The lowest BCUT2D eigenvalue weighted by Gasteiger charge is -2.25. The molecule has 1 fully saturated rings. The van der Waals surface area contributed by atoms with E-state index >= 15 is 0 Å². The second kappa shape index (κ2) is 7.70. The zero-order valence-corrected chi connectivity index (χ0v) is 16.4. The fraction of sp³-hybridized carbons (Fsp3) is 0.316. The predicted molar refractivity (Wildman–Crippen MR) is 109 cm³/mol. The van der Waals surface area contributed by atoms with Crippen LogP contribution in [0.15, 0.2) is 36.0 Å². The fourth-order valence-electron chi connectivity index (χ4n) is 3.41. The zero-order valence-electron chi connectivity index (χ0n) is 14.8. The van der Waals surface area contributed by atoms with Gasteiger partial charge in [0.15, 0.2) is 5.75 Å². The second-order valence-electron chi connectivity index (χ2n) is 6.23. The number of ether oxygens (including phenoxy) is 1. The van der Waals surface area contributed by atoms with Crippen LogP contribution in [0, 0.1) is 0 Å². The number of para-hydroxylation sites is 1. The van der Waals surface area contributed by atoms with Crippen LogP contribution in [0.2, 0.25) is 5.02 Å². The summed E-state index contributed by atoms with van der Waals surface area (Å²) in [6, 6.07) is 7.06. The minimum Gasteiger partial charge on any atom is -0.490 e. The van der Waals surface area contributed by atoms with Gasteiger partial charge >= 0.3 is 0 Å². The maximum absolute atomic E-state index is 13.0. The Morgan fingerprint density at radius 1 is 1.41 bits per heavy atom. The van der Waals surface area contributed by atoms with E-state index in [-0.39, 0.29) is 11.9 Å². The molecular formula is C19H19ClN4O2S. The van der Waals surface area contributed by atoms with E-state index in [0.717, 1.165) is 35.4 Å². The quantitative estimate of drug-likeness (QED) is 0.687. The Bertz CT molecular complexity index is 977. The van der Waals surface area contributed by atoms with E-state index < -0.39 is 0 Å². The van der Waals surface area contributed by atoms with Gasteiger partial charge in [0.1, 0.15) is 23.0 Å². The van der Waals surface area contributed by atoms with Crippen molar-refractivity contribution in [2.24, 2.45) is 0 Å². The van der Waals surface area contributed by atoms with Gasteiger partial charge in [-0.3, -0.25) is 4.79 Å². The van der Waals surface area contributed by atoms with Gasteiger partial charge in [-0.15, -0.1) is 11.3 Å². The molecular weight excluding hydrogens is 384 g/mol. The highest BCUT2D eigenvalue weighted by Crippen LogP contribution is 2.35. The van der Waals surface area contributed by atoms with E-state index in [0.29, 0.717) is 23.1 Å². The molecule has 3 aromatic rings. The van der Waals surface area contributed by atoms with Crippen LogP contribution in [0.3, 0.4) is 0 Å². The number of anilines is 2. The molecule has 1 atom stereocenters. The number of nitrogens with zero attached hydrogens (tertiary/aromatic N) is 3. The SMILES string of the molecule is CCOc1c(Cl)cccc1NC(=O)C1CCCN1c1ncnc2sccc12. The average molecular weight is 403 g/mol. The number of hydrogen-bond acceptors (Lipinski definition) is 6. The van der Waals surface area contributed by atoms with Crippen molar-refractivity contribution in [1.82, 2.24) is 9.97 Å². The van der Waals surface area contributed by atoms with Gasteiger partial charge in [-0.1, -0.05) is 17.7 Å². The number of nitrogens with one attached hydrogen (secondary N) is 1. The van der Waals surface area contributed by atoms with Crippen LogP contribution in [-0.4, -0.2) is 35.1 Å². The Morgan fingerprint density at radius 2 is 2.30 bits per heavy atom. The highest BCUT2D eigenvalue weighted by atomic mass is 35.5. The molecule has 0 saturated carbocycles. The summed E-state index contributed by atoms with van der Waals surface area (Å²) < 4.78 is 5.61. The topological polar surface area (TPSA) is 67.3 Å². The number of halogens is 1. The van der Waals surface area contributed by atoms with Crippen molar-refractivity contribution in [1.29, 1.82) is 0 Å². The van der Waals surface area contributed by atoms with Gasteiger partial charge in [0.05, 0.1) is 22.7 Å². The van der Waals surface area contributed by atoms with Gasteiger partial charge in [-0.25, -0.2) is 9.97 Å². The number of carbonyl (C=O) groups is 1. The van der Waals surface area contributed by atoms with Crippen LogP contribution < -0.4 is 15.0 Å². The molecule has 6 nitrogen and oxygen atoms in total. The van der Waals surface area contributed by atoms with Crippen LogP contribution >= 0.6 is 22.9 Å². The summed E-state index contributed by atoms with van der Waals surface area (Å²) in [5, 5.41) is 6.45. The average Bonchev–Trinajstić information content (AvgIpc) is 3.33. The van der Waals surface area contributed by atoms with Crippen molar-refractivity contribution in [2.45, 2.75) is 25.8 Å². The Morgan fingerprint density at radius 3 is 3.15 bits per heavy atom. The lowest BCUT2D eigenvalue weighted by Crippen LogP contribution is -2.40. The molecule has 0 radical (unpaired) electrons. The highest BCUT2D eigenvalue weighted by Gasteiger charge is 2.33. The number of hydrogen-bond donors (Lipinski definition) is 1. The van der Waals surface area contributed by atoms with E-state index in [4.69, 9.17) is 16.3 Å². The van der Waals surface area contributed by atoms with Crippen LogP contribution in [0.5, 0.6) is 5.75 Å². The van der Waals surface area contributed by atoms with Crippen LogP contribution in [-0.2, 0) is 4.79 Å². The van der Waals surface area contributed by atoms with Crippen molar-refractivity contribution >= 4 is 50.6 Å². The molecule has 0 aliphatic carbocycles. The number of carbonyl (C=O) groups excluding carboxylic acids is 1. The monoisotopic (exact) mass is 402 g/mol. The van der Waals surface area contributed by atoms with Crippen LogP contribution in [0.4, 0.5) is 11.5 Å². The maximum atomic E-state index is 13.0. The molecule has 1 aliphatic rings. The van der Waals surface area contributed by atoms with E-state index in [1.807, 2.05) is 18.4 Å². The van der Waals surface area contributed by atoms with Crippen LogP contribution in [0.1, 0.15) is 19.8 Å². The molecule has 1 aliphatic heterocycles. The molecule has 3 heterocycles. The Balaban J connectivity index is 1.61. The molecule has 27 heavy (non-hydrogen) atoms. The molecule has 1 aromatic carbocycles. The minimum absolute atomic E-state index is 0.0855. The van der Waals surface area contributed by atoms with Gasteiger partial charge in [-0.2, -0.15) is 0 Å². The Hall–Kier alpha value is -2.38. The number of amides is 1. The summed E-state index contributed by atoms with van der Waals surface area (Å²) in [6.45, 7) is 3.14. The van der Waals surface area contributed by atoms with Gasteiger partial charge in [0, 0.05) is 6.54 Å². The third kappa shape index (κ3) is 3.44. The summed E-state index contributed by atoms with van der Waals surface area (Å²) in [5.41, 5.74) is 0.588. The number of thiophene rings is 1. The summed E-state index contributed by atoms with van der Waals surface area (Å²) in [5.74, 6) is 1.23. The van der Waals surface area contributed by atoms with Crippen molar-refractivity contribution in [3.63, 3.8) is 0 Å². The van der Waals surface area contributed by atoms with Crippen molar-refractivity contribution in [2.75, 3.05) is 23.4 Å². The first-order chi connectivity index (χ1) is 13.2. The van der Waals surface area contributed by atoms with E-state index in [2.05, 4.69) is 20.2 Å². The lowest BCUT2D eigenvalue weighted by molar-refractivity contribution is -0.117. The molecule has 2 aromatic heterocycles. The summed E-state index contributed by atoms with van der Waals surface area (Å²) in [4.78, 5) is 24.8. The number of aromatic nitrogens is 2. The maximum Gasteiger partial charge on any atom is 0.247 e. The van der Waals surface area contributed by atoms with E-state index in [1.54, 1.807) is 35.9 Å². The molecule has 1 N–H and O–H groups in total. The number of benzene rings is 1. The Kier molecular flexibility index (Phi) is 5.13. The van der Waals surface area contributed by atoms with Crippen molar-refractivity contribution in [3.8, 4) is 5.75 Å². The van der Waals surface area contributed by atoms with Gasteiger partial charge in [0.25, 0.3) is 0 Å². The first kappa shape index (κ1) is 18.0. The molecule has 140 valence electrons. The van der Waals surface area contributed by atoms with Gasteiger partial charge in [-0.05, 0) is 43.3 Å². The number of fused-ring (bicyclic) bond motifs is 1. The van der Waals surface area contributed by atoms with Crippen LogP contribution in [0.25, 0.3) is 10.2 Å². The van der Waals surface area contributed by atoms with E-state index in [9.17, 15) is 4.79 Å². The first-order valence-corrected chi connectivity index (χ1v) is 10.1. The smallest absolute Gasteiger partial charge is 0.247 e. The minimum atomic E-state index is -0.295. The molecule has 0 spiro atoms. The normalized spacial score (nSPS) is 16.7. The van der Waals surface area contributed by atoms with Crippen molar-refractivity contribution < 1.29 is 9.53 Å². The van der Waals surface area contributed by atoms with Gasteiger partial charge in [0.2, 0.25) is 5.91 Å². The fourth-order valence-corrected chi connectivity index (χ4v) is 4.37. The third-order valence-electron chi connectivity index (χ3n) is 4.58. The molecule has 1 amide bonds. The standard InChI is InChI=1S/C19H19ClN4O2S/c1-2-26-16-13(20)5-3-6-14(16)23-18(25)15-7-4-9-24(15)17-12-8-10-27-19(12)22-11-21-17/h3,5-6,8,10-11,15H,2,4,7,9H2,1H3,(H,23,25). The Labute approximate surface area is 166 Å². The van der Waals surface area contributed by atoms with Crippen molar-refractivity contribution in [3.05, 3.63) is 41.0 Å². The molecule has 1 saturated heterocycles. The molecule has 4 rings (SSSR count). The number of rotatable bonds is 5. The predicted octanol–water partition coefficient (Wildman–Crippen LogP) is 4.35. The molecule has 0 bridgehead atoms. The largest absolute Gasteiger partial charge is 0.490 e.